The summed E-state index contributed by atoms with van der Waals surface area (Å²) in [6, 6.07) is 12.2. The average Bonchev–Trinajstić information content (AvgIpc) is 2.71. The number of amides is 2. The Bertz CT molecular complexity index is 1050. The average molecular weight is 395 g/mol. The molecule has 2 aromatic carbocycles. The van der Waals surface area contributed by atoms with Crippen LogP contribution in [0.4, 0.5) is 10.5 Å². The molecule has 0 saturated heterocycles. The van der Waals surface area contributed by atoms with Gasteiger partial charge in [0.15, 0.2) is 6.79 Å². The van der Waals surface area contributed by atoms with E-state index >= 15 is 0 Å². The van der Waals surface area contributed by atoms with Gasteiger partial charge in [-0.1, -0.05) is 24.3 Å². The quantitative estimate of drug-likeness (QED) is 0.467. The minimum atomic E-state index is -0.797. The number of aromatic nitrogens is 1. The van der Waals surface area contributed by atoms with Crippen LogP contribution in [0.3, 0.4) is 0 Å². The maximum absolute atomic E-state index is 12.2. The normalized spacial score (nSPS) is 10.6. The predicted octanol–water partition coefficient (Wildman–Crippen LogP) is 3.55. The fraction of sp³-hybridized carbons (Fsp3) is 0.190. The number of carbonyl (C=O) groups excluding carboxylic acids is 2. The minimum Gasteiger partial charge on any atom is -0.468 e. The second kappa shape index (κ2) is 9.03. The van der Waals surface area contributed by atoms with Crippen molar-refractivity contribution < 1.29 is 23.8 Å². The molecule has 1 aromatic heterocycles. The third-order valence-electron chi connectivity index (χ3n) is 4.11. The first-order chi connectivity index (χ1) is 14.0. The van der Waals surface area contributed by atoms with E-state index in [4.69, 9.17) is 19.9 Å². The molecule has 8 nitrogen and oxygen atoms in total. The van der Waals surface area contributed by atoms with Crippen molar-refractivity contribution >= 4 is 28.5 Å². The first-order valence-electron chi connectivity index (χ1n) is 8.92. The van der Waals surface area contributed by atoms with Crippen molar-refractivity contribution in [1.82, 2.24) is 4.98 Å². The molecule has 0 fully saturated rings. The maximum atomic E-state index is 12.2. The van der Waals surface area contributed by atoms with Gasteiger partial charge in [-0.15, -0.1) is 0 Å². The number of methoxy groups -OCH3 is 1. The summed E-state index contributed by atoms with van der Waals surface area (Å²) < 4.78 is 15.6. The van der Waals surface area contributed by atoms with Gasteiger partial charge in [0, 0.05) is 18.9 Å². The van der Waals surface area contributed by atoms with E-state index in [0.29, 0.717) is 11.4 Å². The van der Waals surface area contributed by atoms with Gasteiger partial charge >= 0.3 is 12.0 Å². The van der Waals surface area contributed by atoms with Crippen LogP contribution >= 0.6 is 0 Å². The first kappa shape index (κ1) is 20.1. The summed E-state index contributed by atoms with van der Waals surface area (Å²) in [6.07, 6.45) is 1.36. The number of fused-ring (bicyclic) bond motifs is 1. The number of ether oxygens (including phenoxy) is 3. The molecular weight excluding hydrogens is 374 g/mol. The van der Waals surface area contributed by atoms with Crippen LogP contribution in [0.15, 0.2) is 48.7 Å². The SMILES string of the molecule is CCOC(=O)c1cnc(-c2cc(OCOC)cc3ccccc23)cc1NC(N)=O. The third kappa shape index (κ3) is 4.61. The summed E-state index contributed by atoms with van der Waals surface area (Å²) in [5, 5.41) is 4.34. The molecule has 1 heterocycles. The highest BCUT2D eigenvalue weighted by atomic mass is 16.7. The van der Waals surface area contributed by atoms with Crippen molar-refractivity contribution in [1.29, 1.82) is 0 Å². The Hall–Kier alpha value is -3.65. The van der Waals surface area contributed by atoms with Crippen LogP contribution in [-0.2, 0) is 9.47 Å². The van der Waals surface area contributed by atoms with Gasteiger partial charge < -0.3 is 25.3 Å². The largest absolute Gasteiger partial charge is 0.468 e. The number of carbonyl (C=O) groups is 2. The Morgan fingerprint density at radius 3 is 2.69 bits per heavy atom. The standard InChI is InChI=1S/C21H21N3O5/c1-3-28-20(25)17-11-23-18(10-19(17)24-21(22)26)16-9-14(29-12-27-2)8-13-6-4-5-7-15(13)16/h4-11H,3,12H2,1-2H3,(H3,22,23,24,26). The molecular formula is C21H21N3O5. The molecule has 0 unspecified atom stereocenters. The number of anilines is 1. The molecule has 2 amide bonds. The Labute approximate surface area is 167 Å². The third-order valence-corrected chi connectivity index (χ3v) is 4.11. The monoisotopic (exact) mass is 395 g/mol. The molecule has 3 N–H and O–H groups in total. The van der Waals surface area contributed by atoms with Crippen LogP contribution in [0, 0.1) is 0 Å². The molecule has 0 spiro atoms. The molecule has 29 heavy (non-hydrogen) atoms. The van der Waals surface area contributed by atoms with Gasteiger partial charge in [0.25, 0.3) is 0 Å². The zero-order chi connectivity index (χ0) is 20.8. The van der Waals surface area contributed by atoms with E-state index in [1.807, 2.05) is 36.4 Å². The van der Waals surface area contributed by atoms with Crippen LogP contribution in [0.1, 0.15) is 17.3 Å². The zero-order valence-electron chi connectivity index (χ0n) is 16.1. The maximum Gasteiger partial charge on any atom is 0.341 e. The molecule has 3 aromatic rings. The number of benzene rings is 2. The highest BCUT2D eigenvalue weighted by Crippen LogP contribution is 2.34. The fourth-order valence-corrected chi connectivity index (χ4v) is 2.92. The number of pyridine rings is 1. The van der Waals surface area contributed by atoms with E-state index in [1.54, 1.807) is 20.1 Å². The van der Waals surface area contributed by atoms with Crippen molar-refractivity contribution in [2.75, 3.05) is 25.8 Å². The molecule has 0 aliphatic rings. The number of nitrogens with one attached hydrogen (secondary N) is 1. The number of nitrogens with zero attached hydrogens (tertiary/aromatic N) is 1. The van der Waals surface area contributed by atoms with Gasteiger partial charge in [-0.05, 0) is 35.9 Å². The van der Waals surface area contributed by atoms with Gasteiger partial charge in [-0.2, -0.15) is 0 Å². The molecule has 0 saturated carbocycles. The van der Waals surface area contributed by atoms with Crippen molar-refractivity contribution in [2.24, 2.45) is 5.73 Å². The molecule has 0 atom stereocenters. The van der Waals surface area contributed by atoms with Gasteiger partial charge in [0.1, 0.15) is 11.3 Å². The molecule has 8 heteroatoms. The summed E-state index contributed by atoms with van der Waals surface area (Å²) in [7, 11) is 1.54. The summed E-state index contributed by atoms with van der Waals surface area (Å²) in [5.41, 5.74) is 6.89. The number of rotatable bonds is 7. The summed E-state index contributed by atoms with van der Waals surface area (Å²) >= 11 is 0. The van der Waals surface area contributed by atoms with E-state index in [1.165, 1.54) is 6.20 Å². The number of urea groups is 1. The van der Waals surface area contributed by atoms with Crippen LogP contribution < -0.4 is 15.8 Å². The van der Waals surface area contributed by atoms with E-state index in [9.17, 15) is 9.59 Å². The number of primary amides is 1. The van der Waals surface area contributed by atoms with Crippen LogP contribution in [0.2, 0.25) is 0 Å². The lowest BCUT2D eigenvalue weighted by Crippen LogP contribution is -2.21. The number of esters is 1. The number of hydrogen-bond acceptors (Lipinski definition) is 6. The summed E-state index contributed by atoms with van der Waals surface area (Å²) in [5.74, 6) is -0.00133. The number of hydrogen-bond donors (Lipinski definition) is 2. The van der Waals surface area contributed by atoms with Gasteiger partial charge in [0.05, 0.1) is 18.0 Å². The van der Waals surface area contributed by atoms with E-state index in [0.717, 1.165) is 16.3 Å². The highest BCUT2D eigenvalue weighted by molar-refractivity contribution is 6.02. The minimum absolute atomic E-state index is 0.0987. The fourth-order valence-electron chi connectivity index (χ4n) is 2.92. The second-order valence-electron chi connectivity index (χ2n) is 6.07. The van der Waals surface area contributed by atoms with Crippen molar-refractivity contribution in [3.8, 4) is 17.0 Å². The highest BCUT2D eigenvalue weighted by Gasteiger charge is 2.17. The molecule has 3 rings (SSSR count). The van der Waals surface area contributed by atoms with Gasteiger partial charge in [0.2, 0.25) is 0 Å². The van der Waals surface area contributed by atoms with E-state index in [2.05, 4.69) is 10.3 Å². The zero-order valence-corrected chi connectivity index (χ0v) is 16.1. The van der Waals surface area contributed by atoms with Crippen LogP contribution in [0.5, 0.6) is 5.75 Å². The Morgan fingerprint density at radius 2 is 1.97 bits per heavy atom. The van der Waals surface area contributed by atoms with Gasteiger partial charge in [-0.3, -0.25) is 4.98 Å². The molecule has 0 bridgehead atoms. The van der Waals surface area contributed by atoms with Crippen molar-refractivity contribution in [3.05, 3.63) is 54.2 Å². The number of nitrogens with two attached hydrogens (primary N) is 1. The Morgan fingerprint density at radius 1 is 1.17 bits per heavy atom. The van der Waals surface area contributed by atoms with Crippen LogP contribution in [-0.4, -0.2) is 37.5 Å². The molecule has 0 aliphatic carbocycles. The van der Waals surface area contributed by atoms with Gasteiger partial charge in [-0.25, -0.2) is 9.59 Å². The molecule has 0 radical (unpaired) electrons. The lowest BCUT2D eigenvalue weighted by molar-refractivity contribution is 0.0511. The Kier molecular flexibility index (Phi) is 6.25. The molecule has 0 aliphatic heterocycles. The molecule has 150 valence electrons. The smallest absolute Gasteiger partial charge is 0.341 e. The van der Waals surface area contributed by atoms with E-state index < -0.39 is 12.0 Å². The summed E-state index contributed by atoms with van der Waals surface area (Å²) in [6.45, 7) is 1.99. The van der Waals surface area contributed by atoms with E-state index in [-0.39, 0.29) is 24.7 Å². The van der Waals surface area contributed by atoms with Crippen molar-refractivity contribution in [3.63, 3.8) is 0 Å². The predicted molar refractivity (Wildman–Crippen MR) is 109 cm³/mol. The second-order valence-corrected chi connectivity index (χ2v) is 6.07. The van der Waals surface area contributed by atoms with Crippen LogP contribution in [0.25, 0.3) is 22.0 Å². The van der Waals surface area contributed by atoms with Crippen molar-refractivity contribution in [2.45, 2.75) is 6.92 Å². The summed E-state index contributed by atoms with van der Waals surface area (Å²) in [4.78, 5) is 28.0. The lowest BCUT2D eigenvalue weighted by atomic mass is 10.00. The lowest BCUT2D eigenvalue weighted by Gasteiger charge is -2.14. The Balaban J connectivity index is 2.15. The first-order valence-corrected chi connectivity index (χ1v) is 8.92. The topological polar surface area (TPSA) is 113 Å².